The fourth-order valence-corrected chi connectivity index (χ4v) is 2.78. The van der Waals surface area contributed by atoms with Crippen LogP contribution >= 0.6 is 0 Å². The fraction of sp³-hybridized carbons (Fsp3) is 0.562. The number of carbonyl (C=O) groups excluding carboxylic acids is 1. The zero-order valence-electron chi connectivity index (χ0n) is 12.3. The Bertz CT molecular complexity index is 444. The number of methoxy groups -OCH3 is 1. The predicted octanol–water partition coefficient (Wildman–Crippen LogP) is 2.14. The first-order valence-corrected chi connectivity index (χ1v) is 7.34. The first-order chi connectivity index (χ1) is 9.65. The Kier molecular flexibility index (Phi) is 5.01. The molecule has 1 amide bonds. The highest BCUT2D eigenvalue weighted by Crippen LogP contribution is 2.28. The average Bonchev–Trinajstić information content (AvgIpc) is 2.96. The molecule has 1 saturated heterocycles. The van der Waals surface area contributed by atoms with E-state index in [2.05, 4.69) is 19.1 Å². The topological polar surface area (TPSA) is 55.6 Å². The molecule has 110 valence electrons. The number of nitrogens with two attached hydrogens (primary N) is 1. The van der Waals surface area contributed by atoms with Crippen molar-refractivity contribution in [3.8, 4) is 5.75 Å². The van der Waals surface area contributed by atoms with Crippen LogP contribution in [0.2, 0.25) is 0 Å². The van der Waals surface area contributed by atoms with Gasteiger partial charge in [0, 0.05) is 19.0 Å². The molecule has 0 spiro atoms. The van der Waals surface area contributed by atoms with Gasteiger partial charge in [-0.3, -0.25) is 4.79 Å². The lowest BCUT2D eigenvalue weighted by Crippen LogP contribution is -2.42. The average molecular weight is 276 g/mol. The lowest BCUT2D eigenvalue weighted by atomic mass is 9.98. The Hall–Kier alpha value is -1.55. The van der Waals surface area contributed by atoms with Gasteiger partial charge in [-0.15, -0.1) is 0 Å². The monoisotopic (exact) mass is 276 g/mol. The van der Waals surface area contributed by atoms with Crippen LogP contribution in [0.3, 0.4) is 0 Å². The Balaban J connectivity index is 1.95. The van der Waals surface area contributed by atoms with Gasteiger partial charge >= 0.3 is 0 Å². The summed E-state index contributed by atoms with van der Waals surface area (Å²) in [6, 6.07) is 7.78. The highest BCUT2D eigenvalue weighted by molar-refractivity contribution is 5.82. The summed E-state index contributed by atoms with van der Waals surface area (Å²) in [5.74, 6) is 1.38. The van der Waals surface area contributed by atoms with E-state index in [4.69, 9.17) is 10.5 Å². The summed E-state index contributed by atoms with van der Waals surface area (Å²) in [6.45, 7) is 3.65. The minimum Gasteiger partial charge on any atom is -0.497 e. The fourth-order valence-electron chi connectivity index (χ4n) is 2.78. The van der Waals surface area contributed by atoms with E-state index >= 15 is 0 Å². The van der Waals surface area contributed by atoms with Crippen molar-refractivity contribution in [2.75, 3.05) is 20.2 Å². The summed E-state index contributed by atoms with van der Waals surface area (Å²) < 4.78 is 5.17. The van der Waals surface area contributed by atoms with Gasteiger partial charge in [0.25, 0.3) is 0 Å². The van der Waals surface area contributed by atoms with Crippen molar-refractivity contribution in [1.82, 2.24) is 4.90 Å². The van der Waals surface area contributed by atoms with Gasteiger partial charge < -0.3 is 15.4 Å². The summed E-state index contributed by atoms with van der Waals surface area (Å²) in [5.41, 5.74) is 7.19. The van der Waals surface area contributed by atoms with Gasteiger partial charge in [0.2, 0.25) is 5.91 Å². The maximum atomic E-state index is 12.2. The van der Waals surface area contributed by atoms with Crippen molar-refractivity contribution in [2.45, 2.75) is 38.1 Å². The summed E-state index contributed by atoms with van der Waals surface area (Å²) >= 11 is 0. The van der Waals surface area contributed by atoms with Crippen LogP contribution in [0.1, 0.15) is 37.7 Å². The maximum absolute atomic E-state index is 12.2. The lowest BCUT2D eigenvalue weighted by Gasteiger charge is -2.20. The molecule has 0 aromatic heterocycles. The number of ether oxygens (including phenoxy) is 1. The summed E-state index contributed by atoms with van der Waals surface area (Å²) in [6.07, 6.45) is 2.72. The standard InChI is InChI=1S/C16H24N2O2/c1-3-4-15(17)16(19)18-10-9-13(11-18)12-5-7-14(20-2)8-6-12/h5-8,13,15H,3-4,9-11,17H2,1-2H3. The summed E-state index contributed by atoms with van der Waals surface area (Å²) in [7, 11) is 1.67. The smallest absolute Gasteiger partial charge is 0.239 e. The molecule has 2 rings (SSSR count). The molecule has 1 fully saturated rings. The Morgan fingerprint density at radius 2 is 2.15 bits per heavy atom. The molecule has 0 radical (unpaired) electrons. The van der Waals surface area contributed by atoms with Crippen LogP contribution in [0.25, 0.3) is 0 Å². The first-order valence-electron chi connectivity index (χ1n) is 7.34. The van der Waals surface area contributed by atoms with Crippen molar-refractivity contribution in [1.29, 1.82) is 0 Å². The third-order valence-electron chi connectivity index (χ3n) is 4.00. The number of nitrogens with zero attached hydrogens (tertiary/aromatic N) is 1. The molecular weight excluding hydrogens is 252 g/mol. The van der Waals surface area contributed by atoms with E-state index in [1.165, 1.54) is 5.56 Å². The van der Waals surface area contributed by atoms with Gasteiger partial charge in [-0.1, -0.05) is 25.5 Å². The van der Waals surface area contributed by atoms with Crippen LogP contribution in [0.5, 0.6) is 5.75 Å². The van der Waals surface area contributed by atoms with Crippen LogP contribution in [0.4, 0.5) is 0 Å². The molecule has 0 saturated carbocycles. The quantitative estimate of drug-likeness (QED) is 0.896. The summed E-state index contributed by atoms with van der Waals surface area (Å²) in [5, 5.41) is 0. The molecule has 1 aromatic carbocycles. The van der Waals surface area contributed by atoms with Gasteiger partial charge in [0.05, 0.1) is 13.2 Å². The van der Waals surface area contributed by atoms with Crippen LogP contribution in [-0.4, -0.2) is 37.0 Å². The van der Waals surface area contributed by atoms with E-state index in [0.717, 1.165) is 38.1 Å². The van der Waals surface area contributed by atoms with Crippen molar-refractivity contribution in [3.05, 3.63) is 29.8 Å². The van der Waals surface area contributed by atoms with E-state index in [9.17, 15) is 4.79 Å². The minimum atomic E-state index is -0.338. The molecule has 4 heteroatoms. The van der Waals surface area contributed by atoms with E-state index in [-0.39, 0.29) is 11.9 Å². The largest absolute Gasteiger partial charge is 0.497 e. The molecular formula is C16H24N2O2. The van der Waals surface area contributed by atoms with Crippen molar-refractivity contribution in [3.63, 3.8) is 0 Å². The van der Waals surface area contributed by atoms with Crippen molar-refractivity contribution >= 4 is 5.91 Å². The molecule has 2 atom stereocenters. The highest BCUT2D eigenvalue weighted by Gasteiger charge is 2.29. The van der Waals surface area contributed by atoms with Crippen LogP contribution in [-0.2, 0) is 4.79 Å². The molecule has 20 heavy (non-hydrogen) atoms. The van der Waals surface area contributed by atoms with Gasteiger partial charge in [0.15, 0.2) is 0 Å². The molecule has 1 heterocycles. The Labute approximate surface area is 120 Å². The normalized spacial score (nSPS) is 19.9. The van der Waals surface area contributed by atoms with Gasteiger partial charge in [-0.25, -0.2) is 0 Å². The van der Waals surface area contributed by atoms with Gasteiger partial charge in [0.1, 0.15) is 5.75 Å². The molecule has 1 aliphatic heterocycles. The first kappa shape index (κ1) is 14.9. The lowest BCUT2D eigenvalue weighted by molar-refractivity contribution is -0.131. The Morgan fingerprint density at radius 3 is 2.75 bits per heavy atom. The van der Waals surface area contributed by atoms with Crippen LogP contribution in [0, 0.1) is 0 Å². The number of benzene rings is 1. The second kappa shape index (κ2) is 6.75. The second-order valence-electron chi connectivity index (χ2n) is 5.44. The summed E-state index contributed by atoms with van der Waals surface area (Å²) in [4.78, 5) is 14.1. The molecule has 1 aromatic rings. The number of hydrogen-bond donors (Lipinski definition) is 1. The highest BCUT2D eigenvalue weighted by atomic mass is 16.5. The third kappa shape index (κ3) is 3.31. The number of likely N-dealkylation sites (tertiary alicyclic amines) is 1. The zero-order valence-corrected chi connectivity index (χ0v) is 12.3. The van der Waals surface area contributed by atoms with Crippen molar-refractivity contribution in [2.24, 2.45) is 5.73 Å². The van der Waals surface area contributed by atoms with E-state index in [1.807, 2.05) is 17.0 Å². The Morgan fingerprint density at radius 1 is 1.45 bits per heavy atom. The van der Waals surface area contributed by atoms with Crippen LogP contribution in [0.15, 0.2) is 24.3 Å². The number of rotatable bonds is 5. The molecule has 2 N–H and O–H groups in total. The minimum absolute atomic E-state index is 0.0999. The number of hydrogen-bond acceptors (Lipinski definition) is 3. The van der Waals surface area contributed by atoms with Crippen molar-refractivity contribution < 1.29 is 9.53 Å². The molecule has 1 aliphatic rings. The molecule has 0 aliphatic carbocycles. The van der Waals surface area contributed by atoms with Gasteiger partial charge in [-0.2, -0.15) is 0 Å². The molecule has 2 unspecified atom stereocenters. The maximum Gasteiger partial charge on any atom is 0.239 e. The van der Waals surface area contributed by atoms with Crippen LogP contribution < -0.4 is 10.5 Å². The SMILES string of the molecule is CCCC(N)C(=O)N1CCC(c2ccc(OC)cc2)C1. The van der Waals surface area contributed by atoms with E-state index < -0.39 is 0 Å². The molecule has 0 bridgehead atoms. The van der Waals surface area contributed by atoms with E-state index in [0.29, 0.717) is 5.92 Å². The molecule has 4 nitrogen and oxygen atoms in total. The number of amides is 1. The second-order valence-corrected chi connectivity index (χ2v) is 5.44. The zero-order chi connectivity index (χ0) is 14.5. The number of carbonyl (C=O) groups is 1. The predicted molar refractivity (Wildman–Crippen MR) is 79.8 cm³/mol. The van der Waals surface area contributed by atoms with E-state index in [1.54, 1.807) is 7.11 Å². The van der Waals surface area contributed by atoms with Gasteiger partial charge in [-0.05, 0) is 30.5 Å². The third-order valence-corrected chi connectivity index (χ3v) is 4.00.